The molecule has 24 heteroatoms. The van der Waals surface area contributed by atoms with E-state index < -0.39 is 49.9 Å². The van der Waals surface area contributed by atoms with Crippen molar-refractivity contribution in [1.82, 2.24) is 10.3 Å². The van der Waals surface area contributed by atoms with Gasteiger partial charge in [-0.05, 0) is 136 Å². The molecule has 3 radical (unpaired) electrons. The van der Waals surface area contributed by atoms with E-state index in [0.717, 1.165) is 90.1 Å². The number of aromatic nitrogens is 4. The molecule has 11 aromatic carbocycles. The van der Waals surface area contributed by atoms with Crippen molar-refractivity contribution in [3.63, 3.8) is 0 Å². The monoisotopic (exact) mass is 1460 g/mol. The van der Waals surface area contributed by atoms with Crippen molar-refractivity contribution in [2.45, 2.75) is 13.5 Å². The van der Waals surface area contributed by atoms with Crippen LogP contribution in [0.5, 0.6) is 0 Å². The minimum Gasteiger partial charge on any atom is -1.00 e. The molecule has 2 atom stereocenters. The van der Waals surface area contributed by atoms with Gasteiger partial charge in [0.15, 0.2) is 17.3 Å². The Balaban J connectivity index is 0.000000164. The number of nitrogen functional groups attached to an aromatic ring is 3. The van der Waals surface area contributed by atoms with Gasteiger partial charge in [0.1, 0.15) is 33.5 Å². The Morgan fingerprint density at radius 2 is 1.07 bits per heavy atom. The summed E-state index contributed by atoms with van der Waals surface area (Å²) in [5.41, 5.74) is 33.7. The van der Waals surface area contributed by atoms with Gasteiger partial charge in [-0.3, -0.25) is 14.4 Å². The molecule has 3 aromatic heterocycles. The van der Waals surface area contributed by atoms with Gasteiger partial charge in [-0.15, -0.1) is 12.4 Å². The largest absolute Gasteiger partial charge is 1.00 e. The Morgan fingerprint density at radius 1 is 0.587 bits per heavy atom. The van der Waals surface area contributed by atoms with Crippen LogP contribution in [0.15, 0.2) is 217 Å². The molecule has 0 aliphatic heterocycles. The van der Waals surface area contributed by atoms with E-state index >= 15 is 0 Å². The SMILES string of the molecule is CN(C)c1ccc2cc3ccc(N(C)C)cc3[nH+]c2c1.CNCc1ccc2[nH+]c3cc(C)c(N)cc3nc2c1.C[N+](C)(C)CC(=O)c1ccc2ccc3cccc4ccc1c2c34.Cl.Nc1ccc2cc3ccc(N)cc3[nH+]c2c1.O=C1c2ccccc2C(=O)C2C(O)=C(O)C(S(=O)(=O)[O-])=CC12.[B].[Cl-].[Na+]. The number of hydrogen-bond acceptors (Lipinski definition) is 15. The third-order valence-corrected chi connectivity index (χ3v) is 18.8. The van der Waals surface area contributed by atoms with Gasteiger partial charge in [0, 0.05) is 146 Å². The minimum absolute atomic E-state index is 0. The quantitative estimate of drug-likeness (QED) is 0.0185. The first-order valence-electron chi connectivity index (χ1n) is 32.4. The average molecular weight is 1460 g/mol. The van der Waals surface area contributed by atoms with E-state index in [1.807, 2.05) is 89.7 Å². The van der Waals surface area contributed by atoms with Crippen molar-refractivity contribution in [3.8, 4) is 0 Å². The molecule has 0 fully saturated rings. The van der Waals surface area contributed by atoms with E-state index in [-0.39, 0.29) is 79.7 Å². The van der Waals surface area contributed by atoms with Crippen LogP contribution >= 0.6 is 12.4 Å². The van der Waals surface area contributed by atoms with Gasteiger partial charge in [-0.2, -0.15) is 0 Å². The van der Waals surface area contributed by atoms with Crippen molar-refractivity contribution >= 4 is 175 Å². The van der Waals surface area contributed by atoms with Crippen LogP contribution in [0.4, 0.5) is 28.4 Å². The van der Waals surface area contributed by atoms with Crippen LogP contribution in [-0.4, -0.2) is 121 Å². The molecule has 104 heavy (non-hydrogen) atoms. The second-order valence-electron chi connectivity index (χ2n) is 26.7. The molecule has 19 nitrogen and oxygen atoms in total. The third-order valence-electron chi connectivity index (χ3n) is 18.0. The van der Waals surface area contributed by atoms with Crippen LogP contribution in [0, 0.1) is 18.8 Å². The number of pyridine rings is 2. The van der Waals surface area contributed by atoms with E-state index in [4.69, 9.17) is 17.2 Å². The Labute approximate surface area is 638 Å². The van der Waals surface area contributed by atoms with Crippen molar-refractivity contribution < 1.29 is 99.0 Å². The van der Waals surface area contributed by atoms with Gasteiger partial charge in [-0.25, -0.2) is 28.4 Å². The molecule has 0 saturated carbocycles. The molecule has 0 spiro atoms. The molecule has 2 unspecified atom stereocenters. The number of aromatic amines is 3. The summed E-state index contributed by atoms with van der Waals surface area (Å²) < 4.78 is 34.0. The van der Waals surface area contributed by atoms with Crippen molar-refractivity contribution in [2.24, 2.45) is 11.8 Å². The predicted molar refractivity (Wildman–Crippen MR) is 414 cm³/mol. The Morgan fingerprint density at radius 3 is 1.60 bits per heavy atom. The van der Waals surface area contributed by atoms with Crippen LogP contribution in [-0.2, 0) is 16.7 Å². The third kappa shape index (κ3) is 16.8. The number of allylic oxidation sites excluding steroid dienone is 2. The van der Waals surface area contributed by atoms with E-state index in [1.165, 1.54) is 89.9 Å². The fraction of sp³-hybridized carbons (Fsp3) is 0.163. The maximum Gasteiger partial charge on any atom is 1.00 e. The molecule has 2 aliphatic carbocycles. The number of hydrogen-bond donors (Lipinski definition) is 6. The molecule has 2 aliphatic rings. The normalized spacial score (nSPS) is 13.8. The molecule has 14 aromatic rings. The van der Waals surface area contributed by atoms with Gasteiger partial charge in [0.05, 0.1) is 37.9 Å². The van der Waals surface area contributed by atoms with E-state index in [2.05, 4.69) is 179 Å². The number of aryl methyl sites for hydroxylation is 1. The summed E-state index contributed by atoms with van der Waals surface area (Å²) in [6.07, 6.45) is 0.734. The number of anilines is 5. The van der Waals surface area contributed by atoms with Gasteiger partial charge in [0.25, 0.3) is 0 Å². The number of H-pyrrole nitrogens is 3. The number of ketones is 3. The molecule has 12 N–H and O–H groups in total. The summed E-state index contributed by atoms with van der Waals surface area (Å²) in [4.78, 5) is 55.7. The molecule has 0 saturated heterocycles. The summed E-state index contributed by atoms with van der Waals surface area (Å²) in [5.74, 6) is -5.94. The van der Waals surface area contributed by atoms with Crippen LogP contribution in [0.2, 0.25) is 0 Å². The molecule has 0 bridgehead atoms. The predicted octanol–water partition coefficient (Wildman–Crippen LogP) is 6.31. The fourth-order valence-corrected chi connectivity index (χ4v) is 13.5. The van der Waals surface area contributed by atoms with Gasteiger partial charge in [0.2, 0.25) is 38.9 Å². The number of quaternary nitrogens is 1. The van der Waals surface area contributed by atoms with Crippen LogP contribution in [0.25, 0.3) is 98.0 Å². The second-order valence-corrected chi connectivity index (χ2v) is 28.1. The molecule has 523 valence electrons. The van der Waals surface area contributed by atoms with E-state index in [0.29, 0.717) is 11.0 Å². The first-order chi connectivity index (χ1) is 47.6. The first kappa shape index (κ1) is 79.7. The minimum atomic E-state index is -5.10. The molecular weight excluding hydrogens is 1380 g/mol. The topological polar surface area (TPSA) is 301 Å². The number of nitrogens with two attached hydrogens (primary N) is 3. The Bertz CT molecular complexity index is 5710. The first-order valence-corrected chi connectivity index (χ1v) is 33.8. The van der Waals surface area contributed by atoms with Gasteiger partial charge < -0.3 is 64.0 Å². The summed E-state index contributed by atoms with van der Waals surface area (Å²) in [5, 5.41) is 34.7. The molecule has 0 amide bonds. The summed E-state index contributed by atoms with van der Waals surface area (Å²) >= 11 is 0. The average Bonchev–Trinajstić information content (AvgIpc) is 0.740. The van der Waals surface area contributed by atoms with Gasteiger partial charge in [-0.1, -0.05) is 84.9 Å². The number of carbonyl (C=O) groups excluding carboxylic acids is 3. The molecular formula is C80H79BCl2N11NaO8S+3. The number of nitrogens with one attached hydrogen (secondary N) is 4. The number of fused-ring (bicyclic) bond motifs is 8. The number of Topliss-reactive ketones (excluding diaryl/α,β-unsaturated/α-hetero) is 3. The number of benzene rings is 11. The second kappa shape index (κ2) is 32.3. The zero-order valence-electron chi connectivity index (χ0n) is 59.3. The van der Waals surface area contributed by atoms with E-state index in [9.17, 15) is 37.6 Å². The maximum absolute atomic E-state index is 12.8. The number of nitrogens with zero attached hydrogens (tertiary/aromatic N) is 4. The maximum atomic E-state index is 12.8. The van der Waals surface area contributed by atoms with Crippen molar-refractivity contribution in [1.29, 1.82) is 0 Å². The number of carbonyl (C=O) groups is 3. The number of aliphatic hydroxyl groups is 2. The Hall–Kier alpha value is -10.0. The summed E-state index contributed by atoms with van der Waals surface area (Å²) in [6, 6.07) is 64.2. The Kier molecular flexibility index (Phi) is 24.8. The summed E-state index contributed by atoms with van der Waals surface area (Å²) in [7, 11) is 11.2. The zero-order valence-corrected chi connectivity index (χ0v) is 63.6. The van der Waals surface area contributed by atoms with Crippen LogP contribution < -0.4 is 89.2 Å². The van der Waals surface area contributed by atoms with Gasteiger partial charge >= 0.3 is 29.6 Å². The number of rotatable bonds is 8. The zero-order chi connectivity index (χ0) is 71.2. The summed E-state index contributed by atoms with van der Waals surface area (Å²) in [6.45, 7) is 3.35. The number of likely N-dealkylation sites (N-methyl/N-ethyl adjacent to an activating group) is 1. The van der Waals surface area contributed by atoms with E-state index in [1.54, 1.807) is 0 Å². The van der Waals surface area contributed by atoms with Crippen molar-refractivity contribution in [3.05, 3.63) is 244 Å². The smallest absolute Gasteiger partial charge is 1.00 e. The number of aliphatic hydroxyl groups excluding tert-OH is 2. The fourth-order valence-electron chi connectivity index (χ4n) is 12.9. The molecule has 16 rings (SSSR count). The number of halogens is 2. The van der Waals surface area contributed by atoms with Crippen LogP contribution in [0.1, 0.15) is 42.2 Å². The van der Waals surface area contributed by atoms with Crippen LogP contribution in [0.3, 0.4) is 0 Å². The standard InChI is InChI=1S/C21H20NO.C17H19N3.C15H16N4.C14H10O7S.C13H11N3.B.2ClH.Na/c1-22(2,3)13-19(23)17-11-9-16-8-7-14-5-4-6-15-10-12-18(17)21(16)20(14)15;1-19(2)14-7-5-12-9-13-6-8-15(20(3)4)11-17(13)18-16(12)10-14;1-9-5-13-15(7-11(9)16)19-14-6-10(8-17-2)3-4-12(14)18-13;15-11-6-3-1-2-4-7(6)12(16)10-8(11)5-9(22(19,20)21)13(17)14(10)18;14-10-3-1-8-5-9-2-4-11(15)7-13(9)16-12(8)6-10;;;;/h4-12H,13H2,1-3H3;5-11H,1-4H3;3-7,17H,8,16H2,1-2H3;1-5,8,10,17-18H,(H,19,20,21);1-7H,14-15H2;;2*1H;/q+1;;;;;;;;+1/p+1. The van der Waals surface area contributed by atoms with Crippen molar-refractivity contribution in [2.75, 3.05) is 89.9 Å². The molecule has 3 heterocycles.